The molecule has 21 heavy (non-hydrogen) atoms. The number of rotatable bonds is 9. The van der Waals surface area contributed by atoms with Crippen LogP contribution >= 0.6 is 0 Å². The first kappa shape index (κ1) is 18.2. The summed E-state index contributed by atoms with van der Waals surface area (Å²) < 4.78 is 0. The first-order valence-electron chi connectivity index (χ1n) is 8.42. The lowest BCUT2D eigenvalue weighted by atomic mass is 9.98. The summed E-state index contributed by atoms with van der Waals surface area (Å²) >= 11 is 0. The van der Waals surface area contributed by atoms with E-state index in [1.807, 2.05) is 0 Å². The molecule has 2 heteroatoms. The van der Waals surface area contributed by atoms with E-state index in [2.05, 4.69) is 70.1 Å². The average molecular weight is 290 g/mol. The van der Waals surface area contributed by atoms with Gasteiger partial charge in [-0.05, 0) is 58.3 Å². The number of benzene rings is 1. The maximum Gasteiger partial charge on any atom is 0.0332 e. The van der Waals surface area contributed by atoms with Crippen LogP contribution < -0.4 is 5.32 Å². The lowest BCUT2D eigenvalue weighted by Crippen LogP contribution is -2.29. The highest BCUT2D eigenvalue weighted by Crippen LogP contribution is 2.20. The van der Waals surface area contributed by atoms with Crippen molar-refractivity contribution in [3.05, 3.63) is 34.9 Å². The fraction of sp³-hybridized carbons (Fsp3) is 0.684. The molecule has 0 aliphatic heterocycles. The van der Waals surface area contributed by atoms with E-state index in [-0.39, 0.29) is 0 Å². The van der Waals surface area contributed by atoms with Gasteiger partial charge in [0.1, 0.15) is 0 Å². The second-order valence-electron chi connectivity index (χ2n) is 6.87. The zero-order valence-corrected chi connectivity index (χ0v) is 14.9. The highest BCUT2D eigenvalue weighted by atomic mass is 15.1. The van der Waals surface area contributed by atoms with Crippen molar-refractivity contribution in [1.82, 2.24) is 10.2 Å². The molecule has 0 aliphatic rings. The van der Waals surface area contributed by atoms with Gasteiger partial charge < -0.3 is 10.2 Å². The van der Waals surface area contributed by atoms with E-state index in [0.29, 0.717) is 6.04 Å². The van der Waals surface area contributed by atoms with E-state index >= 15 is 0 Å². The van der Waals surface area contributed by atoms with Crippen molar-refractivity contribution in [1.29, 1.82) is 0 Å². The molecule has 1 atom stereocenters. The highest BCUT2D eigenvalue weighted by molar-refractivity contribution is 5.30. The van der Waals surface area contributed by atoms with Crippen LogP contribution in [0, 0.1) is 19.8 Å². The molecule has 0 aliphatic carbocycles. The summed E-state index contributed by atoms with van der Waals surface area (Å²) in [4.78, 5) is 2.45. The molecular weight excluding hydrogens is 256 g/mol. The monoisotopic (exact) mass is 290 g/mol. The molecule has 1 unspecified atom stereocenters. The maximum atomic E-state index is 3.72. The zero-order chi connectivity index (χ0) is 15.8. The Labute approximate surface area is 131 Å². The molecule has 2 nitrogen and oxygen atoms in total. The molecule has 0 bridgehead atoms. The third kappa shape index (κ3) is 7.10. The van der Waals surface area contributed by atoms with Crippen LogP contribution in [0.15, 0.2) is 18.2 Å². The molecule has 1 rings (SSSR count). The Morgan fingerprint density at radius 3 is 2.24 bits per heavy atom. The van der Waals surface area contributed by atoms with Crippen LogP contribution in [0.3, 0.4) is 0 Å². The van der Waals surface area contributed by atoms with Crippen LogP contribution in [0.25, 0.3) is 0 Å². The quantitative estimate of drug-likeness (QED) is 0.728. The Hall–Kier alpha value is -0.860. The van der Waals surface area contributed by atoms with Crippen molar-refractivity contribution in [2.24, 2.45) is 5.92 Å². The van der Waals surface area contributed by atoms with Crippen LogP contribution in [0.5, 0.6) is 0 Å². The number of hydrogen-bond donors (Lipinski definition) is 1. The number of nitrogens with zero attached hydrogens (tertiary/aromatic N) is 1. The zero-order valence-electron chi connectivity index (χ0n) is 14.9. The molecular formula is C19H34N2. The van der Waals surface area contributed by atoms with Crippen molar-refractivity contribution in [3.8, 4) is 0 Å². The summed E-state index contributed by atoms with van der Waals surface area (Å²) in [5, 5.41) is 3.72. The number of hydrogen-bond acceptors (Lipinski definition) is 2. The second-order valence-corrected chi connectivity index (χ2v) is 6.87. The molecule has 0 radical (unpaired) electrons. The van der Waals surface area contributed by atoms with E-state index in [1.54, 1.807) is 0 Å². The van der Waals surface area contributed by atoms with Gasteiger partial charge in [0.25, 0.3) is 0 Å². The summed E-state index contributed by atoms with van der Waals surface area (Å²) in [5.74, 6) is 0.735. The first-order chi connectivity index (χ1) is 9.92. The Morgan fingerprint density at radius 2 is 1.71 bits per heavy atom. The Kier molecular flexibility index (Phi) is 7.98. The number of aryl methyl sites for hydroxylation is 2. The largest absolute Gasteiger partial charge is 0.310 e. The third-order valence-corrected chi connectivity index (χ3v) is 3.76. The van der Waals surface area contributed by atoms with Crippen LogP contribution in [-0.4, -0.2) is 31.6 Å². The van der Waals surface area contributed by atoms with Crippen LogP contribution in [0.4, 0.5) is 0 Å². The Balaban J connectivity index is 2.70. The fourth-order valence-corrected chi connectivity index (χ4v) is 2.98. The van der Waals surface area contributed by atoms with Gasteiger partial charge in [-0.3, -0.25) is 0 Å². The molecule has 0 aromatic heterocycles. The van der Waals surface area contributed by atoms with E-state index in [1.165, 1.54) is 36.1 Å². The second kappa shape index (κ2) is 9.22. The summed E-state index contributed by atoms with van der Waals surface area (Å²) in [6.07, 6.45) is 2.36. The van der Waals surface area contributed by atoms with Gasteiger partial charge in [0.05, 0.1) is 0 Å². The van der Waals surface area contributed by atoms with Crippen LogP contribution in [-0.2, 0) is 0 Å². The van der Waals surface area contributed by atoms with E-state index in [0.717, 1.165) is 19.0 Å². The van der Waals surface area contributed by atoms with Crippen LogP contribution in [0.2, 0.25) is 0 Å². The minimum atomic E-state index is 0.471. The van der Waals surface area contributed by atoms with Gasteiger partial charge in [0.15, 0.2) is 0 Å². The Morgan fingerprint density at radius 1 is 1.10 bits per heavy atom. The lowest BCUT2D eigenvalue weighted by Gasteiger charge is -2.24. The minimum Gasteiger partial charge on any atom is -0.310 e. The van der Waals surface area contributed by atoms with Gasteiger partial charge in [0.2, 0.25) is 0 Å². The van der Waals surface area contributed by atoms with Crippen molar-refractivity contribution in [2.45, 2.75) is 53.5 Å². The maximum absolute atomic E-state index is 3.72. The molecule has 0 saturated heterocycles. The first-order valence-corrected chi connectivity index (χ1v) is 8.42. The highest BCUT2D eigenvalue weighted by Gasteiger charge is 2.13. The molecule has 1 N–H and O–H groups in total. The summed E-state index contributed by atoms with van der Waals surface area (Å²) in [5.41, 5.74) is 4.17. The van der Waals surface area contributed by atoms with E-state index < -0.39 is 0 Å². The summed E-state index contributed by atoms with van der Waals surface area (Å²) in [6, 6.07) is 7.40. The molecule has 0 saturated carbocycles. The number of nitrogens with one attached hydrogen (secondary N) is 1. The summed E-state index contributed by atoms with van der Waals surface area (Å²) in [7, 11) is 2.23. The molecule has 0 heterocycles. The average Bonchev–Trinajstić information content (AvgIpc) is 2.36. The molecule has 0 fully saturated rings. The Bertz CT molecular complexity index is 392. The smallest absolute Gasteiger partial charge is 0.0332 e. The van der Waals surface area contributed by atoms with Gasteiger partial charge in [-0.25, -0.2) is 0 Å². The van der Waals surface area contributed by atoms with Crippen molar-refractivity contribution in [2.75, 3.05) is 26.7 Å². The standard InChI is InChI=1S/C19H34N2/c1-7-9-20-19(8-10-21(6)14-15(2)3)18-12-16(4)11-17(5)13-18/h11-13,15,19-20H,7-10,14H2,1-6H3. The van der Waals surface area contributed by atoms with Gasteiger partial charge >= 0.3 is 0 Å². The van der Waals surface area contributed by atoms with E-state index in [9.17, 15) is 0 Å². The van der Waals surface area contributed by atoms with Gasteiger partial charge in [0, 0.05) is 12.6 Å². The topological polar surface area (TPSA) is 15.3 Å². The molecule has 0 spiro atoms. The predicted octanol–water partition coefficient (Wildman–Crippen LogP) is 4.32. The normalized spacial score (nSPS) is 13.1. The molecule has 120 valence electrons. The van der Waals surface area contributed by atoms with Gasteiger partial charge in [-0.1, -0.05) is 50.1 Å². The molecule has 1 aromatic carbocycles. The summed E-state index contributed by atoms with van der Waals surface area (Å²) in [6.45, 7) is 14.6. The fourth-order valence-electron chi connectivity index (χ4n) is 2.98. The SMILES string of the molecule is CCCNC(CCN(C)CC(C)C)c1cc(C)cc(C)c1. The van der Waals surface area contributed by atoms with Gasteiger partial charge in [-0.15, -0.1) is 0 Å². The molecule has 1 aromatic rings. The minimum absolute atomic E-state index is 0.471. The van der Waals surface area contributed by atoms with Crippen molar-refractivity contribution in [3.63, 3.8) is 0 Å². The van der Waals surface area contributed by atoms with Crippen LogP contribution in [0.1, 0.15) is 56.3 Å². The van der Waals surface area contributed by atoms with E-state index in [4.69, 9.17) is 0 Å². The van der Waals surface area contributed by atoms with Crippen molar-refractivity contribution >= 4 is 0 Å². The van der Waals surface area contributed by atoms with Crippen molar-refractivity contribution < 1.29 is 0 Å². The predicted molar refractivity (Wildman–Crippen MR) is 93.9 cm³/mol. The third-order valence-electron chi connectivity index (χ3n) is 3.76. The van der Waals surface area contributed by atoms with Gasteiger partial charge in [-0.2, -0.15) is 0 Å². The molecule has 0 amide bonds. The lowest BCUT2D eigenvalue weighted by molar-refractivity contribution is 0.276.